The molecule has 9 heteroatoms. The van der Waals surface area contributed by atoms with Crippen molar-refractivity contribution in [2.24, 2.45) is 0 Å². The van der Waals surface area contributed by atoms with E-state index < -0.39 is 11.9 Å². The summed E-state index contributed by atoms with van der Waals surface area (Å²) in [5, 5.41) is 9.25. The molecule has 0 bridgehead atoms. The van der Waals surface area contributed by atoms with E-state index in [0.29, 0.717) is 28.3 Å². The van der Waals surface area contributed by atoms with Crippen molar-refractivity contribution < 1.29 is 13.2 Å². The van der Waals surface area contributed by atoms with E-state index >= 15 is 0 Å². The number of rotatable bonds is 2. The van der Waals surface area contributed by atoms with Gasteiger partial charge in [-0.1, -0.05) is 12.1 Å². The maximum atomic E-state index is 12.8. The maximum Gasteiger partial charge on any atom is 0.433 e. The molecule has 0 saturated heterocycles. The zero-order chi connectivity index (χ0) is 19.0. The van der Waals surface area contributed by atoms with Crippen LogP contribution in [0.5, 0.6) is 0 Å². The predicted octanol–water partition coefficient (Wildman–Crippen LogP) is 3.74. The van der Waals surface area contributed by atoms with E-state index in [4.69, 9.17) is 0 Å². The molecule has 6 nitrogen and oxygen atoms in total. The third-order valence-electron chi connectivity index (χ3n) is 3.88. The van der Waals surface area contributed by atoms with Crippen LogP contribution >= 0.6 is 0 Å². The molecule has 3 heterocycles. The van der Waals surface area contributed by atoms with Crippen LogP contribution in [0, 0.1) is 11.3 Å². The molecule has 0 amide bonds. The summed E-state index contributed by atoms with van der Waals surface area (Å²) < 4.78 is 39.8. The average Bonchev–Trinajstić information content (AvgIpc) is 3.10. The number of fused-ring (bicyclic) bond motifs is 1. The minimum atomic E-state index is -4.54. The first-order chi connectivity index (χ1) is 13.0. The number of hydrogen-bond acceptors (Lipinski definition) is 5. The Hall–Kier alpha value is -3.80. The highest BCUT2D eigenvalue weighted by Gasteiger charge is 2.33. The molecule has 0 radical (unpaired) electrons. The zero-order valence-corrected chi connectivity index (χ0v) is 13.5. The standard InChI is InChI=1S/C18H9F3N6/c19-18(20,21)15-6-8-27-14(10-24-17(27)26-15)13-5-7-23-16(25-13)12-4-2-1-3-11(12)9-22/h1-8,10H. The van der Waals surface area contributed by atoms with Gasteiger partial charge in [0.1, 0.15) is 5.69 Å². The number of halogens is 3. The molecule has 0 N–H and O–H groups in total. The van der Waals surface area contributed by atoms with E-state index in [1.807, 2.05) is 0 Å². The lowest BCUT2D eigenvalue weighted by Gasteiger charge is -2.07. The molecule has 0 aliphatic heterocycles. The van der Waals surface area contributed by atoms with E-state index in [-0.39, 0.29) is 5.78 Å². The largest absolute Gasteiger partial charge is 0.433 e. The van der Waals surface area contributed by atoms with Crippen molar-refractivity contribution in [3.05, 3.63) is 66.2 Å². The maximum absolute atomic E-state index is 12.8. The van der Waals surface area contributed by atoms with Crippen LogP contribution in [0.1, 0.15) is 11.3 Å². The molecule has 0 unspecified atom stereocenters. The fraction of sp³-hybridized carbons (Fsp3) is 0.0556. The lowest BCUT2D eigenvalue weighted by atomic mass is 10.1. The Bertz CT molecular complexity index is 1190. The summed E-state index contributed by atoms with van der Waals surface area (Å²) in [5.41, 5.74) is 0.877. The van der Waals surface area contributed by atoms with Gasteiger partial charge in [0.25, 0.3) is 0 Å². The molecule has 3 aromatic heterocycles. The van der Waals surface area contributed by atoms with E-state index in [1.165, 1.54) is 23.0 Å². The zero-order valence-electron chi connectivity index (χ0n) is 13.5. The smallest absolute Gasteiger partial charge is 0.282 e. The first-order valence-electron chi connectivity index (χ1n) is 7.71. The fourth-order valence-corrected chi connectivity index (χ4v) is 2.63. The Kier molecular flexibility index (Phi) is 3.81. The Morgan fingerprint density at radius 1 is 1.00 bits per heavy atom. The summed E-state index contributed by atoms with van der Waals surface area (Å²) in [6.07, 6.45) is -0.386. The molecule has 4 rings (SSSR count). The van der Waals surface area contributed by atoms with Crippen LogP contribution in [0.25, 0.3) is 28.6 Å². The highest BCUT2D eigenvalue weighted by Crippen LogP contribution is 2.29. The number of benzene rings is 1. The van der Waals surface area contributed by atoms with Crippen molar-refractivity contribution in [1.29, 1.82) is 5.26 Å². The van der Waals surface area contributed by atoms with Crippen molar-refractivity contribution in [1.82, 2.24) is 24.3 Å². The van der Waals surface area contributed by atoms with Gasteiger partial charge in [0, 0.05) is 18.0 Å². The normalized spacial score (nSPS) is 11.5. The van der Waals surface area contributed by atoms with Crippen molar-refractivity contribution in [2.75, 3.05) is 0 Å². The predicted molar refractivity (Wildman–Crippen MR) is 89.2 cm³/mol. The van der Waals surface area contributed by atoms with Crippen molar-refractivity contribution in [3.63, 3.8) is 0 Å². The number of alkyl halides is 3. The quantitative estimate of drug-likeness (QED) is 0.540. The van der Waals surface area contributed by atoms with Crippen molar-refractivity contribution in [3.8, 4) is 28.8 Å². The van der Waals surface area contributed by atoms with Gasteiger partial charge in [0.2, 0.25) is 5.78 Å². The summed E-state index contributed by atoms with van der Waals surface area (Å²) in [6.45, 7) is 0. The lowest BCUT2D eigenvalue weighted by Crippen LogP contribution is -2.09. The van der Waals surface area contributed by atoms with Crippen LogP contribution in [0.3, 0.4) is 0 Å². The highest BCUT2D eigenvalue weighted by molar-refractivity contribution is 5.67. The van der Waals surface area contributed by atoms with Gasteiger partial charge in [0.05, 0.1) is 29.2 Å². The molecule has 0 atom stereocenters. The second-order valence-corrected chi connectivity index (χ2v) is 5.55. The van der Waals surface area contributed by atoms with Crippen molar-refractivity contribution >= 4 is 5.78 Å². The van der Waals surface area contributed by atoms with Crippen LogP contribution in [0.2, 0.25) is 0 Å². The minimum absolute atomic E-state index is 0.0857. The second kappa shape index (κ2) is 6.17. The van der Waals surface area contributed by atoms with Gasteiger partial charge in [-0.15, -0.1) is 0 Å². The fourth-order valence-electron chi connectivity index (χ4n) is 2.63. The van der Waals surface area contributed by atoms with Crippen LogP contribution in [-0.4, -0.2) is 24.3 Å². The van der Waals surface area contributed by atoms with Crippen LogP contribution < -0.4 is 0 Å². The Morgan fingerprint density at radius 2 is 1.81 bits per heavy atom. The van der Waals surface area contributed by atoms with Gasteiger partial charge in [-0.2, -0.15) is 18.4 Å². The molecular formula is C18H9F3N6. The number of nitriles is 1. The molecule has 27 heavy (non-hydrogen) atoms. The molecule has 1 aromatic carbocycles. The van der Waals surface area contributed by atoms with Gasteiger partial charge in [-0.05, 0) is 24.3 Å². The van der Waals surface area contributed by atoms with Crippen LogP contribution in [0.15, 0.2) is 55.0 Å². The Labute approximate surface area is 150 Å². The average molecular weight is 366 g/mol. The molecule has 0 aliphatic rings. The number of aromatic nitrogens is 5. The van der Waals surface area contributed by atoms with Crippen molar-refractivity contribution in [2.45, 2.75) is 6.18 Å². The van der Waals surface area contributed by atoms with Gasteiger partial charge in [-0.25, -0.2) is 19.9 Å². The minimum Gasteiger partial charge on any atom is -0.282 e. The third kappa shape index (κ3) is 2.97. The molecule has 0 saturated carbocycles. The van der Waals surface area contributed by atoms with E-state index in [9.17, 15) is 18.4 Å². The number of nitrogens with zero attached hydrogens (tertiary/aromatic N) is 6. The molecule has 132 valence electrons. The summed E-state index contributed by atoms with van der Waals surface area (Å²) in [4.78, 5) is 16.1. The number of hydrogen-bond donors (Lipinski definition) is 0. The van der Waals surface area contributed by atoms with Crippen LogP contribution in [0.4, 0.5) is 13.2 Å². The molecule has 0 spiro atoms. The van der Waals surface area contributed by atoms with Gasteiger partial charge >= 0.3 is 6.18 Å². The topological polar surface area (TPSA) is 79.8 Å². The van der Waals surface area contributed by atoms with E-state index in [2.05, 4.69) is 26.0 Å². The van der Waals surface area contributed by atoms with E-state index in [0.717, 1.165) is 6.07 Å². The molecular weight excluding hydrogens is 357 g/mol. The second-order valence-electron chi connectivity index (χ2n) is 5.55. The van der Waals surface area contributed by atoms with Gasteiger partial charge in [0.15, 0.2) is 5.82 Å². The summed E-state index contributed by atoms with van der Waals surface area (Å²) in [6, 6.07) is 11.5. The monoisotopic (exact) mass is 366 g/mol. The Morgan fingerprint density at radius 3 is 2.59 bits per heavy atom. The lowest BCUT2D eigenvalue weighted by molar-refractivity contribution is -0.141. The SMILES string of the molecule is N#Cc1ccccc1-c1nccc(-c2cnc3nc(C(F)(F)F)ccn23)n1. The number of imidazole rings is 1. The first-order valence-corrected chi connectivity index (χ1v) is 7.71. The van der Waals surface area contributed by atoms with Gasteiger partial charge in [-0.3, -0.25) is 4.40 Å². The highest BCUT2D eigenvalue weighted by atomic mass is 19.4. The Balaban J connectivity index is 1.82. The van der Waals surface area contributed by atoms with E-state index in [1.54, 1.807) is 30.3 Å². The summed E-state index contributed by atoms with van der Waals surface area (Å²) in [7, 11) is 0. The third-order valence-corrected chi connectivity index (χ3v) is 3.88. The first kappa shape index (κ1) is 16.7. The van der Waals surface area contributed by atoms with Crippen LogP contribution in [-0.2, 0) is 6.18 Å². The summed E-state index contributed by atoms with van der Waals surface area (Å²) >= 11 is 0. The molecule has 4 aromatic rings. The molecule has 0 aliphatic carbocycles. The molecule has 0 fully saturated rings. The summed E-state index contributed by atoms with van der Waals surface area (Å²) in [5.74, 6) is 0.247. The van der Waals surface area contributed by atoms with Gasteiger partial charge < -0.3 is 0 Å².